The van der Waals surface area contributed by atoms with E-state index in [1.54, 1.807) is 36.4 Å². The largest absolute Gasteiger partial charge is 0.483 e. The van der Waals surface area contributed by atoms with Crippen molar-refractivity contribution in [2.24, 2.45) is 0 Å². The fourth-order valence-corrected chi connectivity index (χ4v) is 4.30. The second-order valence-electron chi connectivity index (χ2n) is 8.39. The summed E-state index contributed by atoms with van der Waals surface area (Å²) in [4.78, 5) is 51.3. The van der Waals surface area contributed by atoms with Crippen LogP contribution in [0.25, 0.3) is 6.08 Å². The lowest BCUT2D eigenvalue weighted by atomic mass is 10.1. The van der Waals surface area contributed by atoms with Gasteiger partial charge in [0, 0.05) is 11.8 Å². The molecule has 0 saturated carbocycles. The zero-order valence-electron chi connectivity index (χ0n) is 19.9. The minimum absolute atomic E-state index is 0.0363. The number of anilines is 2. The minimum atomic E-state index is -0.871. The molecule has 2 N–H and O–H groups in total. The van der Waals surface area contributed by atoms with Gasteiger partial charge < -0.3 is 19.5 Å². The lowest BCUT2D eigenvalue weighted by Gasteiger charge is -2.26. The van der Waals surface area contributed by atoms with E-state index in [0.717, 1.165) is 10.5 Å². The van der Waals surface area contributed by atoms with Crippen molar-refractivity contribution in [3.63, 3.8) is 0 Å². The number of imide groups is 2. The summed E-state index contributed by atoms with van der Waals surface area (Å²) >= 11 is 3.39. The molecule has 2 heterocycles. The van der Waals surface area contributed by atoms with E-state index in [1.807, 2.05) is 19.1 Å². The monoisotopic (exact) mass is 577 g/mol. The molecule has 0 aromatic heterocycles. The Morgan fingerprint density at radius 2 is 1.82 bits per heavy atom. The summed E-state index contributed by atoms with van der Waals surface area (Å²) in [5.74, 6) is -0.668. The zero-order valence-corrected chi connectivity index (χ0v) is 21.5. The Kier molecular flexibility index (Phi) is 6.84. The maximum atomic E-state index is 13.2. The standard InChI is InChI=1S/C27H20BrN3O7/c1-15-2-5-17(6-3-15)29-24(32)13-36-21-8-4-16(11-20(21)28)10-19-25(33)30-27(35)31(26(19)34)18-7-9-22-23(12-18)38-14-37-22/h2-12H,13-14H2,1H3,(H,29,32)(H,30,33,35)/b19-10+. The van der Waals surface area contributed by atoms with Crippen LogP contribution in [0.5, 0.6) is 17.2 Å². The minimum Gasteiger partial charge on any atom is -0.483 e. The number of benzene rings is 3. The third kappa shape index (κ3) is 5.23. The van der Waals surface area contributed by atoms with Crippen LogP contribution in [0.4, 0.5) is 16.2 Å². The van der Waals surface area contributed by atoms with Crippen LogP contribution in [0.3, 0.4) is 0 Å². The van der Waals surface area contributed by atoms with E-state index in [4.69, 9.17) is 14.2 Å². The van der Waals surface area contributed by atoms with E-state index in [-0.39, 0.29) is 30.6 Å². The van der Waals surface area contributed by atoms with Gasteiger partial charge in [-0.3, -0.25) is 19.7 Å². The van der Waals surface area contributed by atoms with Gasteiger partial charge in [-0.1, -0.05) is 23.8 Å². The number of hydrogen-bond acceptors (Lipinski definition) is 7. The molecule has 0 bridgehead atoms. The molecule has 11 heteroatoms. The van der Waals surface area contributed by atoms with Gasteiger partial charge in [0.15, 0.2) is 18.1 Å². The Labute approximate surface area is 225 Å². The molecule has 1 fully saturated rings. The molecule has 3 aromatic carbocycles. The molecule has 2 aliphatic rings. The topological polar surface area (TPSA) is 123 Å². The van der Waals surface area contributed by atoms with Crippen molar-refractivity contribution in [2.45, 2.75) is 6.92 Å². The molecule has 192 valence electrons. The van der Waals surface area contributed by atoms with Gasteiger partial charge in [-0.25, -0.2) is 9.69 Å². The SMILES string of the molecule is Cc1ccc(NC(=O)COc2ccc(/C=C3\C(=O)NC(=O)N(c4ccc5c(c4)OCO5)C3=O)cc2Br)cc1. The second-order valence-corrected chi connectivity index (χ2v) is 9.24. The number of amides is 5. The fraction of sp³-hybridized carbons (Fsp3) is 0.111. The van der Waals surface area contributed by atoms with Crippen molar-refractivity contribution in [3.8, 4) is 17.2 Å². The third-order valence-electron chi connectivity index (χ3n) is 5.68. The van der Waals surface area contributed by atoms with Gasteiger partial charge in [0.25, 0.3) is 17.7 Å². The van der Waals surface area contributed by atoms with Crippen LogP contribution in [0.2, 0.25) is 0 Å². The molecule has 38 heavy (non-hydrogen) atoms. The van der Waals surface area contributed by atoms with E-state index in [2.05, 4.69) is 26.6 Å². The molecule has 10 nitrogen and oxygen atoms in total. The summed E-state index contributed by atoms with van der Waals surface area (Å²) in [6.45, 7) is 1.77. The molecular weight excluding hydrogens is 558 g/mol. The van der Waals surface area contributed by atoms with E-state index in [0.29, 0.717) is 33.0 Å². The van der Waals surface area contributed by atoms with Gasteiger partial charge in [0.1, 0.15) is 11.3 Å². The summed E-state index contributed by atoms with van der Waals surface area (Å²) < 4.78 is 16.7. The molecule has 0 unspecified atom stereocenters. The first kappa shape index (κ1) is 25.0. The number of halogens is 1. The number of barbiturate groups is 1. The van der Waals surface area contributed by atoms with Crippen molar-refractivity contribution in [3.05, 3.63) is 81.8 Å². The van der Waals surface area contributed by atoms with Crippen LogP contribution in [-0.2, 0) is 14.4 Å². The summed E-state index contributed by atoms with van der Waals surface area (Å²) in [6.07, 6.45) is 1.36. The summed E-state index contributed by atoms with van der Waals surface area (Å²) in [5, 5.41) is 4.94. The highest BCUT2D eigenvalue weighted by Crippen LogP contribution is 2.36. The average Bonchev–Trinajstić information content (AvgIpc) is 3.35. The van der Waals surface area contributed by atoms with Crippen molar-refractivity contribution in [1.82, 2.24) is 5.32 Å². The number of rotatable bonds is 6. The van der Waals surface area contributed by atoms with Crippen LogP contribution in [-0.4, -0.2) is 37.2 Å². The van der Waals surface area contributed by atoms with Crippen LogP contribution >= 0.6 is 15.9 Å². The predicted molar refractivity (Wildman–Crippen MR) is 141 cm³/mol. The highest BCUT2D eigenvalue weighted by Gasteiger charge is 2.37. The van der Waals surface area contributed by atoms with Crippen LogP contribution < -0.4 is 29.7 Å². The van der Waals surface area contributed by atoms with E-state index >= 15 is 0 Å². The molecule has 0 spiro atoms. The van der Waals surface area contributed by atoms with Crippen LogP contribution in [0.15, 0.2) is 70.7 Å². The number of carbonyl (C=O) groups is 4. The molecule has 2 aliphatic heterocycles. The number of nitrogens with one attached hydrogen (secondary N) is 2. The summed E-state index contributed by atoms with van der Waals surface area (Å²) in [5.41, 5.74) is 2.22. The lowest BCUT2D eigenvalue weighted by molar-refractivity contribution is -0.122. The summed E-state index contributed by atoms with van der Waals surface area (Å²) in [7, 11) is 0. The van der Waals surface area contributed by atoms with E-state index < -0.39 is 17.8 Å². The number of aryl methyl sites for hydroxylation is 1. The molecule has 1 saturated heterocycles. The first-order valence-corrected chi connectivity index (χ1v) is 12.2. The molecule has 3 aromatic rings. The van der Waals surface area contributed by atoms with Crippen LogP contribution in [0, 0.1) is 6.92 Å². The second kappa shape index (κ2) is 10.4. The van der Waals surface area contributed by atoms with Gasteiger partial charge in [-0.2, -0.15) is 0 Å². The maximum Gasteiger partial charge on any atom is 0.335 e. The molecule has 5 rings (SSSR count). The van der Waals surface area contributed by atoms with Crippen molar-refractivity contribution < 1.29 is 33.4 Å². The van der Waals surface area contributed by atoms with Crippen molar-refractivity contribution in [1.29, 1.82) is 0 Å². The molecular formula is C27H20BrN3O7. The highest BCUT2D eigenvalue weighted by molar-refractivity contribution is 9.10. The average molecular weight is 578 g/mol. The summed E-state index contributed by atoms with van der Waals surface area (Å²) in [6, 6.07) is 15.9. The van der Waals surface area contributed by atoms with Gasteiger partial charge >= 0.3 is 6.03 Å². The molecule has 0 radical (unpaired) electrons. The van der Waals surface area contributed by atoms with E-state index in [9.17, 15) is 19.2 Å². The molecule has 5 amide bonds. The maximum absolute atomic E-state index is 13.2. The van der Waals surface area contributed by atoms with Gasteiger partial charge in [0.05, 0.1) is 10.2 Å². The normalized spacial score (nSPS) is 15.5. The number of fused-ring (bicyclic) bond motifs is 1. The third-order valence-corrected chi connectivity index (χ3v) is 6.30. The van der Waals surface area contributed by atoms with Crippen molar-refractivity contribution in [2.75, 3.05) is 23.6 Å². The molecule has 0 atom stereocenters. The Hall–Kier alpha value is -4.64. The van der Waals surface area contributed by atoms with Gasteiger partial charge in [-0.05, 0) is 70.9 Å². The quantitative estimate of drug-likeness (QED) is 0.333. The number of hydrogen-bond donors (Lipinski definition) is 2. The number of carbonyl (C=O) groups excluding carboxylic acids is 4. The molecule has 0 aliphatic carbocycles. The first-order valence-electron chi connectivity index (χ1n) is 11.4. The first-order chi connectivity index (χ1) is 18.3. The fourth-order valence-electron chi connectivity index (χ4n) is 3.78. The number of nitrogens with zero attached hydrogens (tertiary/aromatic N) is 1. The van der Waals surface area contributed by atoms with Gasteiger partial charge in [0.2, 0.25) is 6.79 Å². The number of ether oxygens (including phenoxy) is 3. The Bertz CT molecular complexity index is 1500. The smallest absolute Gasteiger partial charge is 0.335 e. The Morgan fingerprint density at radius 3 is 2.58 bits per heavy atom. The zero-order chi connectivity index (χ0) is 26.8. The highest BCUT2D eigenvalue weighted by atomic mass is 79.9. The predicted octanol–water partition coefficient (Wildman–Crippen LogP) is 4.17. The lowest BCUT2D eigenvalue weighted by Crippen LogP contribution is -2.54. The van der Waals surface area contributed by atoms with E-state index in [1.165, 1.54) is 18.2 Å². The Morgan fingerprint density at radius 1 is 1.05 bits per heavy atom. The van der Waals surface area contributed by atoms with Gasteiger partial charge in [-0.15, -0.1) is 0 Å². The number of urea groups is 1. The van der Waals surface area contributed by atoms with Crippen molar-refractivity contribution >= 4 is 57.1 Å². The van der Waals surface area contributed by atoms with Crippen LogP contribution in [0.1, 0.15) is 11.1 Å². The Balaban J connectivity index is 1.29.